The predicted octanol–water partition coefficient (Wildman–Crippen LogP) is 3.53. The molecule has 0 aliphatic heterocycles. The van der Waals surface area contributed by atoms with Gasteiger partial charge < -0.3 is 9.51 Å². The number of nitrogens with one attached hydrogen (secondary N) is 1. The molecule has 22 heavy (non-hydrogen) atoms. The first-order valence-corrected chi connectivity index (χ1v) is 7.88. The number of rotatable bonds is 7. The molecule has 0 radical (unpaired) electrons. The van der Waals surface area contributed by atoms with Crippen molar-refractivity contribution in [2.24, 2.45) is 0 Å². The number of H-pyrrole nitrogens is 1. The molecule has 0 bridgehead atoms. The Hall–Kier alpha value is -2.14. The zero-order valence-electron chi connectivity index (χ0n) is 13.2. The van der Waals surface area contributed by atoms with Gasteiger partial charge in [0.1, 0.15) is 0 Å². The lowest BCUT2D eigenvalue weighted by Crippen LogP contribution is -2.22. The van der Waals surface area contributed by atoms with Crippen molar-refractivity contribution < 1.29 is 4.52 Å². The van der Waals surface area contributed by atoms with Gasteiger partial charge in [-0.15, -0.1) is 0 Å². The summed E-state index contributed by atoms with van der Waals surface area (Å²) in [5.74, 6) is 1.51. The molecule has 116 valence electrons. The molecule has 2 heterocycles. The van der Waals surface area contributed by atoms with Gasteiger partial charge in [-0.2, -0.15) is 4.98 Å². The van der Waals surface area contributed by atoms with Crippen molar-refractivity contribution in [1.29, 1.82) is 0 Å². The van der Waals surface area contributed by atoms with Crippen LogP contribution in [0.25, 0.3) is 10.9 Å². The Morgan fingerprint density at radius 2 is 2.09 bits per heavy atom. The van der Waals surface area contributed by atoms with Crippen molar-refractivity contribution >= 4 is 10.9 Å². The average molecular weight is 298 g/mol. The maximum atomic E-state index is 5.34. The summed E-state index contributed by atoms with van der Waals surface area (Å²) in [6.07, 6.45) is 3.88. The number of hydrogen-bond acceptors (Lipinski definition) is 4. The van der Waals surface area contributed by atoms with E-state index in [0.717, 1.165) is 31.8 Å². The predicted molar refractivity (Wildman–Crippen MR) is 86.4 cm³/mol. The Morgan fingerprint density at radius 3 is 2.91 bits per heavy atom. The van der Waals surface area contributed by atoms with Crippen LogP contribution in [-0.4, -0.2) is 26.6 Å². The van der Waals surface area contributed by atoms with E-state index >= 15 is 0 Å². The highest BCUT2D eigenvalue weighted by atomic mass is 16.5. The summed E-state index contributed by atoms with van der Waals surface area (Å²) in [5, 5.41) is 5.26. The number of nitrogens with zero attached hydrogens (tertiary/aromatic N) is 3. The molecule has 0 aliphatic carbocycles. The Morgan fingerprint density at radius 1 is 1.18 bits per heavy atom. The summed E-state index contributed by atoms with van der Waals surface area (Å²) in [4.78, 5) is 9.97. The van der Waals surface area contributed by atoms with E-state index in [1.807, 2.05) is 6.20 Å². The topological polar surface area (TPSA) is 58.0 Å². The first kappa shape index (κ1) is 14.8. The quantitative estimate of drug-likeness (QED) is 0.725. The molecule has 5 nitrogen and oxygen atoms in total. The zero-order chi connectivity index (χ0) is 15.4. The minimum atomic E-state index is 0.693. The van der Waals surface area contributed by atoms with Gasteiger partial charge in [0.2, 0.25) is 5.89 Å². The van der Waals surface area contributed by atoms with Crippen LogP contribution in [0.5, 0.6) is 0 Å². The minimum Gasteiger partial charge on any atom is -0.361 e. The second kappa shape index (κ2) is 6.75. The fourth-order valence-electron chi connectivity index (χ4n) is 2.61. The zero-order valence-corrected chi connectivity index (χ0v) is 13.2. The molecule has 0 amide bonds. The van der Waals surface area contributed by atoms with Gasteiger partial charge in [-0.05, 0) is 42.1 Å². The third-order valence-electron chi connectivity index (χ3n) is 3.81. The second-order valence-electron chi connectivity index (χ2n) is 5.56. The molecule has 2 aromatic heterocycles. The third-order valence-corrected chi connectivity index (χ3v) is 3.81. The number of aromatic amines is 1. The van der Waals surface area contributed by atoms with Gasteiger partial charge in [-0.25, -0.2) is 0 Å². The van der Waals surface area contributed by atoms with Crippen LogP contribution in [0.2, 0.25) is 0 Å². The van der Waals surface area contributed by atoms with E-state index in [1.165, 1.54) is 16.5 Å². The van der Waals surface area contributed by atoms with E-state index in [2.05, 4.69) is 58.1 Å². The maximum absolute atomic E-state index is 5.34. The molecule has 0 spiro atoms. The van der Waals surface area contributed by atoms with Gasteiger partial charge in [0.25, 0.3) is 0 Å². The normalized spacial score (nSPS) is 11.6. The molecule has 0 aliphatic rings. The fourth-order valence-corrected chi connectivity index (χ4v) is 2.61. The summed E-state index contributed by atoms with van der Waals surface area (Å²) in [6, 6.07) is 8.62. The molecule has 5 heteroatoms. The van der Waals surface area contributed by atoms with Gasteiger partial charge in [0.05, 0.1) is 6.54 Å². The average Bonchev–Trinajstić information content (AvgIpc) is 3.15. The van der Waals surface area contributed by atoms with Crippen molar-refractivity contribution in [1.82, 2.24) is 20.0 Å². The largest absolute Gasteiger partial charge is 0.361 e. The Labute approximate surface area is 130 Å². The molecule has 3 rings (SSSR count). The van der Waals surface area contributed by atoms with Gasteiger partial charge in [-0.3, -0.25) is 4.90 Å². The monoisotopic (exact) mass is 298 g/mol. The summed E-state index contributed by atoms with van der Waals surface area (Å²) in [7, 11) is 0. The lowest BCUT2D eigenvalue weighted by atomic mass is 10.1. The molecule has 0 saturated heterocycles. The molecular formula is C17H22N4O. The number of aromatic nitrogens is 3. The maximum Gasteiger partial charge on any atom is 0.240 e. The molecule has 0 unspecified atom stereocenters. The van der Waals surface area contributed by atoms with Crippen LogP contribution >= 0.6 is 0 Å². The first-order valence-electron chi connectivity index (χ1n) is 7.88. The van der Waals surface area contributed by atoms with Crippen molar-refractivity contribution in [3.05, 3.63) is 47.7 Å². The molecule has 1 aromatic carbocycles. The van der Waals surface area contributed by atoms with Crippen LogP contribution in [0, 0.1) is 0 Å². The highest BCUT2D eigenvalue weighted by Crippen LogP contribution is 2.16. The molecule has 1 N–H and O–H groups in total. The number of aryl methyl sites for hydroxylation is 1. The van der Waals surface area contributed by atoms with Crippen LogP contribution in [0.3, 0.4) is 0 Å². The van der Waals surface area contributed by atoms with Gasteiger partial charge in [0, 0.05) is 24.7 Å². The van der Waals surface area contributed by atoms with Crippen LogP contribution in [0.15, 0.2) is 35.0 Å². The van der Waals surface area contributed by atoms with E-state index in [1.54, 1.807) is 0 Å². The molecular weight excluding hydrogens is 276 g/mol. The van der Waals surface area contributed by atoms with Crippen LogP contribution in [0.1, 0.15) is 37.5 Å². The highest BCUT2D eigenvalue weighted by Gasteiger charge is 2.11. The summed E-state index contributed by atoms with van der Waals surface area (Å²) >= 11 is 0. The van der Waals surface area contributed by atoms with Gasteiger partial charge >= 0.3 is 0 Å². The van der Waals surface area contributed by atoms with Crippen LogP contribution in [-0.2, 0) is 19.5 Å². The summed E-state index contributed by atoms with van der Waals surface area (Å²) in [5.41, 5.74) is 2.47. The standard InChI is InChI=1S/C17H22N4O/c1-3-5-16-19-17(22-20-16)12-21(4-2)11-13-6-7-15-14(10-13)8-9-18-15/h6-10,18H,3-5,11-12H2,1-2H3. The van der Waals surface area contributed by atoms with E-state index in [4.69, 9.17) is 4.52 Å². The lowest BCUT2D eigenvalue weighted by Gasteiger charge is -2.18. The van der Waals surface area contributed by atoms with Crippen molar-refractivity contribution in [2.45, 2.75) is 39.8 Å². The van der Waals surface area contributed by atoms with E-state index in [9.17, 15) is 0 Å². The Kier molecular flexibility index (Phi) is 4.53. The summed E-state index contributed by atoms with van der Waals surface area (Å²) in [6.45, 7) is 6.78. The van der Waals surface area contributed by atoms with Crippen molar-refractivity contribution in [3.63, 3.8) is 0 Å². The number of fused-ring (bicyclic) bond motifs is 1. The first-order chi connectivity index (χ1) is 10.8. The van der Waals surface area contributed by atoms with E-state index in [-0.39, 0.29) is 0 Å². The van der Waals surface area contributed by atoms with Crippen LogP contribution in [0.4, 0.5) is 0 Å². The highest BCUT2D eigenvalue weighted by molar-refractivity contribution is 5.79. The molecule has 0 fully saturated rings. The van der Waals surface area contributed by atoms with Gasteiger partial charge in [-0.1, -0.05) is 25.1 Å². The molecule has 3 aromatic rings. The van der Waals surface area contributed by atoms with E-state index in [0.29, 0.717) is 12.4 Å². The second-order valence-corrected chi connectivity index (χ2v) is 5.56. The Balaban J connectivity index is 1.67. The van der Waals surface area contributed by atoms with E-state index < -0.39 is 0 Å². The van der Waals surface area contributed by atoms with Gasteiger partial charge in [0.15, 0.2) is 5.82 Å². The number of benzene rings is 1. The third kappa shape index (κ3) is 3.36. The fraction of sp³-hybridized carbons (Fsp3) is 0.412. The van der Waals surface area contributed by atoms with Crippen molar-refractivity contribution in [3.8, 4) is 0 Å². The molecule has 0 saturated carbocycles. The van der Waals surface area contributed by atoms with Crippen LogP contribution < -0.4 is 0 Å². The number of hydrogen-bond donors (Lipinski definition) is 1. The minimum absolute atomic E-state index is 0.693. The smallest absolute Gasteiger partial charge is 0.240 e. The Bertz CT molecular complexity index is 731. The lowest BCUT2D eigenvalue weighted by molar-refractivity contribution is 0.229. The van der Waals surface area contributed by atoms with Crippen molar-refractivity contribution in [2.75, 3.05) is 6.54 Å². The summed E-state index contributed by atoms with van der Waals surface area (Å²) < 4.78 is 5.34. The molecule has 0 atom stereocenters. The SMILES string of the molecule is CCCc1noc(CN(CC)Cc2ccc3[nH]ccc3c2)n1.